The number of oxime groups is 1. The summed E-state index contributed by atoms with van der Waals surface area (Å²) < 4.78 is 14.8. The van der Waals surface area contributed by atoms with Crippen LogP contribution in [-0.4, -0.2) is 42.0 Å². The van der Waals surface area contributed by atoms with Gasteiger partial charge < -0.3 is 20.6 Å². The number of nitriles is 1. The van der Waals surface area contributed by atoms with Gasteiger partial charge in [-0.3, -0.25) is 4.98 Å². The van der Waals surface area contributed by atoms with Crippen LogP contribution in [-0.2, 0) is 4.84 Å². The summed E-state index contributed by atoms with van der Waals surface area (Å²) in [5.74, 6) is -0.452. The Morgan fingerprint density at radius 3 is 2.74 bits per heavy atom. The largest absolute Gasteiger partial charge is 0.506 e. The van der Waals surface area contributed by atoms with Gasteiger partial charge in [-0.25, -0.2) is 4.39 Å². The van der Waals surface area contributed by atoms with E-state index >= 15 is 0 Å². The van der Waals surface area contributed by atoms with Crippen molar-refractivity contribution >= 4 is 22.8 Å². The number of nitrogens with two attached hydrogens (primary N) is 1. The highest BCUT2D eigenvalue weighted by molar-refractivity contribution is 6.02. The number of nitrogens with zero attached hydrogens (tertiary/aromatic N) is 4. The Hall–Kier alpha value is -4.48. The normalized spacial score (nSPS) is 14.2. The standard InChI is InChI=1S/C30H28FN5O2/c1-2-38-35-17-19-12-22(14-23(31)13-19)27-18-34-28-7-6-20(25-5-3-4-21(16-32)30(25)37)15-26(28)29(27)36-10-8-24(33)9-11-36/h3-7,12-15,17-18,24,37H,2,8-11,33H2,1H3/b35-17+. The molecule has 0 saturated carbocycles. The van der Waals surface area contributed by atoms with Crippen LogP contribution in [0.1, 0.15) is 30.9 Å². The van der Waals surface area contributed by atoms with Gasteiger partial charge in [0.2, 0.25) is 0 Å². The van der Waals surface area contributed by atoms with Crippen LogP contribution in [0.25, 0.3) is 33.2 Å². The van der Waals surface area contributed by atoms with Crippen LogP contribution < -0.4 is 10.6 Å². The number of anilines is 1. The molecule has 0 spiro atoms. The molecule has 8 heteroatoms. The first kappa shape index (κ1) is 25.2. The maximum absolute atomic E-state index is 14.8. The van der Waals surface area contributed by atoms with Gasteiger partial charge in [0.15, 0.2) is 0 Å². The molecule has 3 aromatic carbocycles. The average Bonchev–Trinajstić information content (AvgIpc) is 2.93. The van der Waals surface area contributed by atoms with E-state index in [1.807, 2.05) is 37.3 Å². The van der Waals surface area contributed by atoms with E-state index in [2.05, 4.69) is 10.1 Å². The number of aromatic nitrogens is 1. The maximum atomic E-state index is 14.8. The second-order valence-electron chi connectivity index (χ2n) is 9.32. The quantitative estimate of drug-likeness (QED) is 0.259. The molecule has 1 aliphatic heterocycles. The second-order valence-corrected chi connectivity index (χ2v) is 9.32. The van der Waals surface area contributed by atoms with Crippen LogP contribution in [0.3, 0.4) is 0 Å². The van der Waals surface area contributed by atoms with Gasteiger partial charge in [-0.15, -0.1) is 0 Å². The van der Waals surface area contributed by atoms with Gasteiger partial charge in [0, 0.05) is 41.8 Å². The van der Waals surface area contributed by atoms with Gasteiger partial charge in [0.1, 0.15) is 24.2 Å². The van der Waals surface area contributed by atoms with Crippen molar-refractivity contribution in [3.05, 3.63) is 77.7 Å². The number of phenolic OH excluding ortho intramolecular Hbond substituents is 1. The minimum Gasteiger partial charge on any atom is -0.506 e. The van der Waals surface area contributed by atoms with Gasteiger partial charge in [-0.1, -0.05) is 23.4 Å². The summed E-state index contributed by atoms with van der Waals surface area (Å²) in [6.45, 7) is 3.75. The Bertz CT molecular complexity index is 1550. The van der Waals surface area contributed by atoms with E-state index < -0.39 is 0 Å². The van der Waals surface area contributed by atoms with E-state index in [-0.39, 0.29) is 23.2 Å². The number of pyridine rings is 1. The summed E-state index contributed by atoms with van der Waals surface area (Å²) in [4.78, 5) is 12.0. The minimum absolute atomic E-state index is 0.0627. The first-order valence-electron chi connectivity index (χ1n) is 12.6. The Kier molecular flexibility index (Phi) is 7.20. The molecule has 1 aromatic heterocycles. The van der Waals surface area contributed by atoms with Crippen molar-refractivity contribution in [3.8, 4) is 34.1 Å². The molecule has 1 fully saturated rings. The zero-order chi connectivity index (χ0) is 26.6. The fraction of sp³-hybridized carbons (Fsp3) is 0.233. The highest BCUT2D eigenvalue weighted by Crippen LogP contribution is 2.41. The minimum atomic E-state index is -0.390. The number of benzene rings is 3. The Balaban J connectivity index is 1.72. The molecule has 4 aromatic rings. The van der Waals surface area contributed by atoms with Gasteiger partial charge in [-0.05, 0) is 72.9 Å². The number of halogens is 1. The van der Waals surface area contributed by atoms with Crippen molar-refractivity contribution in [1.82, 2.24) is 4.98 Å². The number of rotatable bonds is 6. The zero-order valence-corrected chi connectivity index (χ0v) is 21.1. The molecule has 0 bridgehead atoms. The van der Waals surface area contributed by atoms with Crippen LogP contribution in [0, 0.1) is 17.1 Å². The molecule has 38 heavy (non-hydrogen) atoms. The molecule has 0 atom stereocenters. The van der Waals surface area contributed by atoms with Crippen molar-refractivity contribution < 1.29 is 14.3 Å². The van der Waals surface area contributed by atoms with E-state index in [0.717, 1.165) is 53.6 Å². The monoisotopic (exact) mass is 509 g/mol. The molecule has 7 nitrogen and oxygen atoms in total. The Morgan fingerprint density at radius 2 is 1.97 bits per heavy atom. The van der Waals surface area contributed by atoms with Gasteiger partial charge in [-0.2, -0.15) is 5.26 Å². The van der Waals surface area contributed by atoms with Crippen molar-refractivity contribution in [3.63, 3.8) is 0 Å². The highest BCUT2D eigenvalue weighted by atomic mass is 19.1. The smallest absolute Gasteiger partial charge is 0.141 e. The summed E-state index contributed by atoms with van der Waals surface area (Å²) >= 11 is 0. The predicted octanol–water partition coefficient (Wildman–Crippen LogP) is 5.58. The molecule has 0 amide bonds. The summed E-state index contributed by atoms with van der Waals surface area (Å²) in [7, 11) is 0. The van der Waals surface area contributed by atoms with E-state index in [1.165, 1.54) is 18.3 Å². The molecule has 0 radical (unpaired) electrons. The van der Waals surface area contributed by atoms with Crippen molar-refractivity contribution in [2.45, 2.75) is 25.8 Å². The number of fused-ring (bicyclic) bond motifs is 1. The molecule has 0 aliphatic carbocycles. The van der Waals surface area contributed by atoms with Crippen molar-refractivity contribution in [1.29, 1.82) is 5.26 Å². The maximum Gasteiger partial charge on any atom is 0.141 e. The third-order valence-electron chi connectivity index (χ3n) is 6.80. The van der Waals surface area contributed by atoms with E-state index in [4.69, 9.17) is 15.6 Å². The van der Waals surface area contributed by atoms with Crippen molar-refractivity contribution in [2.24, 2.45) is 10.9 Å². The average molecular weight is 510 g/mol. The molecule has 192 valence electrons. The molecular formula is C30H28FN5O2. The SMILES string of the molecule is CCO/N=C/c1cc(F)cc(-c2cnc3ccc(-c4cccc(C#N)c4O)cc3c2N2CCC(N)CC2)c1. The molecule has 1 saturated heterocycles. The topological polar surface area (TPSA) is 108 Å². The number of piperidine rings is 1. The summed E-state index contributed by atoms with van der Waals surface area (Å²) in [6.07, 6.45) is 4.94. The third kappa shape index (κ3) is 5.01. The van der Waals surface area contributed by atoms with Crippen LogP contribution >= 0.6 is 0 Å². The molecule has 3 N–H and O–H groups in total. The molecule has 1 aliphatic rings. The van der Waals surface area contributed by atoms with Crippen LogP contribution in [0.4, 0.5) is 10.1 Å². The lowest BCUT2D eigenvalue weighted by molar-refractivity contribution is 0.160. The zero-order valence-electron chi connectivity index (χ0n) is 21.1. The lowest BCUT2D eigenvalue weighted by atomic mass is 9.95. The molecule has 2 heterocycles. The van der Waals surface area contributed by atoms with Gasteiger partial charge in [0.25, 0.3) is 0 Å². The molecule has 5 rings (SSSR count). The second kappa shape index (κ2) is 10.9. The number of hydrogen-bond donors (Lipinski definition) is 2. The van der Waals surface area contributed by atoms with Crippen molar-refractivity contribution in [2.75, 3.05) is 24.6 Å². The third-order valence-corrected chi connectivity index (χ3v) is 6.80. The molecular weight excluding hydrogens is 481 g/mol. The summed E-state index contributed by atoms with van der Waals surface area (Å²) in [5, 5.41) is 24.9. The summed E-state index contributed by atoms with van der Waals surface area (Å²) in [5.41, 5.74) is 11.5. The lowest BCUT2D eigenvalue weighted by Crippen LogP contribution is -2.40. The predicted molar refractivity (Wildman–Crippen MR) is 148 cm³/mol. The fourth-order valence-electron chi connectivity index (χ4n) is 4.90. The first-order valence-corrected chi connectivity index (χ1v) is 12.6. The number of phenols is 1. The number of aromatic hydroxyl groups is 1. The van der Waals surface area contributed by atoms with Gasteiger partial charge in [0.05, 0.1) is 23.0 Å². The fourth-order valence-corrected chi connectivity index (χ4v) is 4.90. The van der Waals surface area contributed by atoms with E-state index in [9.17, 15) is 14.8 Å². The Morgan fingerprint density at radius 1 is 1.16 bits per heavy atom. The number of hydrogen-bond acceptors (Lipinski definition) is 7. The van der Waals surface area contributed by atoms with E-state index in [0.29, 0.717) is 23.3 Å². The van der Waals surface area contributed by atoms with Gasteiger partial charge >= 0.3 is 0 Å². The number of para-hydroxylation sites is 1. The van der Waals surface area contributed by atoms with Crippen LogP contribution in [0.2, 0.25) is 0 Å². The Labute approximate surface area is 220 Å². The van der Waals surface area contributed by atoms with Crippen LogP contribution in [0.5, 0.6) is 5.75 Å². The van der Waals surface area contributed by atoms with E-state index in [1.54, 1.807) is 24.4 Å². The highest BCUT2D eigenvalue weighted by Gasteiger charge is 2.23. The lowest BCUT2D eigenvalue weighted by Gasteiger charge is -2.34. The van der Waals surface area contributed by atoms with Crippen LogP contribution in [0.15, 0.2) is 65.9 Å². The molecule has 0 unspecified atom stereocenters. The summed E-state index contributed by atoms with van der Waals surface area (Å²) in [6, 6.07) is 17.8. The first-order chi connectivity index (χ1) is 18.5.